The molecule has 0 aromatic heterocycles. The van der Waals surface area contributed by atoms with Gasteiger partial charge in [-0.1, -0.05) is 23.7 Å². The zero-order valence-corrected chi connectivity index (χ0v) is 17.9. The fourth-order valence-electron chi connectivity index (χ4n) is 2.33. The number of rotatable bonds is 7. The van der Waals surface area contributed by atoms with Crippen molar-refractivity contribution in [3.8, 4) is 0 Å². The molecule has 0 fully saturated rings. The van der Waals surface area contributed by atoms with E-state index in [-0.39, 0.29) is 26.7 Å². The number of hydrogen-bond donors (Lipinski definition) is 1. The van der Waals surface area contributed by atoms with Gasteiger partial charge in [-0.2, -0.15) is 0 Å². The minimum atomic E-state index is -3.82. The van der Waals surface area contributed by atoms with E-state index in [1.165, 1.54) is 57.6 Å². The summed E-state index contributed by atoms with van der Waals surface area (Å²) in [4.78, 5) is 35.9. The number of ether oxygens (including phenoxy) is 2. The second-order valence-electron chi connectivity index (χ2n) is 6.09. The smallest absolute Gasteiger partial charge is 0.339 e. The molecule has 0 unspecified atom stereocenters. The third-order valence-electron chi connectivity index (χ3n) is 3.86. The van der Waals surface area contributed by atoms with Crippen molar-refractivity contribution in [2.24, 2.45) is 0 Å². The van der Waals surface area contributed by atoms with Crippen LogP contribution >= 0.6 is 11.6 Å². The van der Waals surface area contributed by atoms with Crippen LogP contribution in [0.4, 0.5) is 5.69 Å². The van der Waals surface area contributed by atoms with Gasteiger partial charge < -0.3 is 14.8 Å². The van der Waals surface area contributed by atoms with E-state index in [0.717, 1.165) is 4.31 Å². The van der Waals surface area contributed by atoms with Gasteiger partial charge in [0.15, 0.2) is 6.61 Å². The van der Waals surface area contributed by atoms with Crippen LogP contribution in [-0.4, -0.2) is 58.4 Å². The Kier molecular flexibility index (Phi) is 7.54. The van der Waals surface area contributed by atoms with Gasteiger partial charge in [0.1, 0.15) is 4.90 Å². The summed E-state index contributed by atoms with van der Waals surface area (Å²) in [5.41, 5.74) is 0.0977. The van der Waals surface area contributed by atoms with Gasteiger partial charge in [-0.05, 0) is 30.3 Å². The molecule has 2 aromatic carbocycles. The highest BCUT2D eigenvalue weighted by Crippen LogP contribution is 2.26. The summed E-state index contributed by atoms with van der Waals surface area (Å²) >= 11 is 5.96. The number of carbonyl (C=O) groups excluding carboxylic acids is 3. The molecule has 0 bridgehead atoms. The monoisotopic (exact) mass is 454 g/mol. The van der Waals surface area contributed by atoms with E-state index in [0.29, 0.717) is 0 Å². The Morgan fingerprint density at radius 3 is 2.20 bits per heavy atom. The van der Waals surface area contributed by atoms with Crippen molar-refractivity contribution in [1.82, 2.24) is 4.31 Å². The number of methoxy groups -OCH3 is 1. The molecule has 0 spiro atoms. The van der Waals surface area contributed by atoms with Gasteiger partial charge in [-0.3, -0.25) is 4.79 Å². The second kappa shape index (κ2) is 9.70. The quantitative estimate of drug-likeness (QED) is 0.636. The summed E-state index contributed by atoms with van der Waals surface area (Å²) in [6, 6.07) is 9.77. The van der Waals surface area contributed by atoms with Crippen molar-refractivity contribution in [2.45, 2.75) is 4.90 Å². The Bertz CT molecular complexity index is 1080. The first kappa shape index (κ1) is 23.3. The van der Waals surface area contributed by atoms with Gasteiger partial charge in [0.25, 0.3) is 5.91 Å². The van der Waals surface area contributed by atoms with Crippen LogP contribution in [0.15, 0.2) is 47.4 Å². The molecule has 160 valence electrons. The molecule has 0 radical (unpaired) electrons. The van der Waals surface area contributed by atoms with E-state index in [9.17, 15) is 22.8 Å². The summed E-state index contributed by atoms with van der Waals surface area (Å²) in [6.07, 6.45) is 0. The standard InChI is InChI=1S/C19H19ClN2O7S/c1-22(2)30(26,27)16-10-12(8-9-15(16)20)21-17(23)11-29-19(25)14-7-5-4-6-13(14)18(24)28-3/h4-10H,11H2,1-3H3,(H,21,23). The Hall–Kier alpha value is -2.95. The van der Waals surface area contributed by atoms with Crippen molar-refractivity contribution in [3.63, 3.8) is 0 Å². The van der Waals surface area contributed by atoms with Crippen molar-refractivity contribution in [3.05, 3.63) is 58.6 Å². The first-order valence-electron chi connectivity index (χ1n) is 8.44. The van der Waals surface area contributed by atoms with Crippen molar-refractivity contribution in [1.29, 1.82) is 0 Å². The van der Waals surface area contributed by atoms with Crippen LogP contribution in [0.1, 0.15) is 20.7 Å². The van der Waals surface area contributed by atoms with Crippen LogP contribution in [0.2, 0.25) is 5.02 Å². The number of anilines is 1. The first-order chi connectivity index (χ1) is 14.1. The third-order valence-corrected chi connectivity index (χ3v) is 6.16. The lowest BCUT2D eigenvalue weighted by atomic mass is 10.1. The number of amides is 1. The minimum Gasteiger partial charge on any atom is -0.465 e. The number of hydrogen-bond acceptors (Lipinski definition) is 7. The van der Waals surface area contributed by atoms with Gasteiger partial charge in [-0.15, -0.1) is 0 Å². The number of halogens is 1. The molecule has 1 N–H and O–H groups in total. The molecule has 2 rings (SSSR count). The second-order valence-corrected chi connectivity index (χ2v) is 8.62. The highest BCUT2D eigenvalue weighted by Gasteiger charge is 2.22. The highest BCUT2D eigenvalue weighted by atomic mass is 35.5. The van der Waals surface area contributed by atoms with E-state index in [1.54, 1.807) is 6.07 Å². The topological polar surface area (TPSA) is 119 Å². The van der Waals surface area contributed by atoms with Crippen LogP contribution in [0.5, 0.6) is 0 Å². The number of nitrogens with one attached hydrogen (secondary N) is 1. The predicted molar refractivity (Wildman–Crippen MR) is 109 cm³/mol. The fourth-order valence-corrected chi connectivity index (χ4v) is 3.72. The Balaban J connectivity index is 2.09. The van der Waals surface area contributed by atoms with Crippen molar-refractivity contribution in [2.75, 3.05) is 33.1 Å². The van der Waals surface area contributed by atoms with Crippen molar-refractivity contribution >= 4 is 45.2 Å². The maximum Gasteiger partial charge on any atom is 0.339 e. The molecular formula is C19H19ClN2O7S. The summed E-state index contributed by atoms with van der Waals surface area (Å²) in [7, 11) is 0.0527. The summed E-state index contributed by atoms with van der Waals surface area (Å²) in [6.45, 7) is -0.660. The lowest BCUT2D eigenvalue weighted by Gasteiger charge is -2.14. The molecule has 0 aliphatic heterocycles. The SMILES string of the molecule is COC(=O)c1ccccc1C(=O)OCC(=O)Nc1ccc(Cl)c(S(=O)(=O)N(C)C)c1. The molecule has 0 heterocycles. The van der Waals surface area contributed by atoms with Crippen LogP contribution in [0.3, 0.4) is 0 Å². The maximum absolute atomic E-state index is 12.3. The van der Waals surface area contributed by atoms with Gasteiger partial charge in [0, 0.05) is 19.8 Å². The van der Waals surface area contributed by atoms with Crippen molar-refractivity contribution < 1.29 is 32.3 Å². The number of sulfonamides is 1. The Morgan fingerprint density at radius 2 is 1.63 bits per heavy atom. The first-order valence-corrected chi connectivity index (χ1v) is 10.3. The lowest BCUT2D eigenvalue weighted by molar-refractivity contribution is -0.119. The van der Waals surface area contributed by atoms with Gasteiger partial charge in [-0.25, -0.2) is 22.3 Å². The molecule has 0 saturated carbocycles. The van der Waals surface area contributed by atoms with Gasteiger partial charge >= 0.3 is 11.9 Å². The number of nitrogens with zero attached hydrogens (tertiary/aromatic N) is 1. The van der Waals surface area contributed by atoms with Gasteiger partial charge in [0.05, 0.1) is 23.3 Å². The van der Waals surface area contributed by atoms with Crippen LogP contribution in [-0.2, 0) is 24.3 Å². The van der Waals surface area contributed by atoms with Crippen LogP contribution < -0.4 is 5.32 Å². The fraction of sp³-hybridized carbons (Fsp3) is 0.211. The molecule has 0 aliphatic rings. The average Bonchev–Trinajstić information content (AvgIpc) is 2.72. The highest BCUT2D eigenvalue weighted by molar-refractivity contribution is 7.89. The largest absolute Gasteiger partial charge is 0.465 e. The van der Waals surface area contributed by atoms with Crippen LogP contribution in [0, 0.1) is 0 Å². The van der Waals surface area contributed by atoms with E-state index >= 15 is 0 Å². The summed E-state index contributed by atoms with van der Waals surface area (Å²) in [5.74, 6) is -2.32. The molecule has 9 nitrogen and oxygen atoms in total. The zero-order chi connectivity index (χ0) is 22.5. The summed E-state index contributed by atoms with van der Waals surface area (Å²) in [5, 5.41) is 2.42. The third kappa shape index (κ3) is 5.35. The van der Waals surface area contributed by atoms with E-state index in [2.05, 4.69) is 10.1 Å². The molecular weight excluding hydrogens is 436 g/mol. The molecule has 0 saturated heterocycles. The van der Waals surface area contributed by atoms with E-state index in [1.807, 2.05) is 0 Å². The molecule has 0 aliphatic carbocycles. The number of esters is 2. The Labute approximate surface area is 178 Å². The van der Waals surface area contributed by atoms with E-state index in [4.69, 9.17) is 16.3 Å². The molecule has 1 amide bonds. The Morgan fingerprint density at radius 1 is 1.03 bits per heavy atom. The predicted octanol–water partition coefficient (Wildman–Crippen LogP) is 2.17. The molecule has 30 heavy (non-hydrogen) atoms. The minimum absolute atomic E-state index is 0.00152. The maximum atomic E-state index is 12.3. The average molecular weight is 455 g/mol. The lowest BCUT2D eigenvalue weighted by Crippen LogP contribution is -2.24. The number of benzene rings is 2. The molecule has 2 aromatic rings. The van der Waals surface area contributed by atoms with Gasteiger partial charge in [0.2, 0.25) is 10.0 Å². The zero-order valence-electron chi connectivity index (χ0n) is 16.3. The number of carbonyl (C=O) groups is 3. The molecule has 11 heteroatoms. The van der Waals surface area contributed by atoms with Crippen LogP contribution in [0.25, 0.3) is 0 Å². The normalized spacial score (nSPS) is 11.1. The summed E-state index contributed by atoms with van der Waals surface area (Å²) < 4.78 is 35.1. The molecule has 0 atom stereocenters. The van der Waals surface area contributed by atoms with E-state index < -0.39 is 34.5 Å².